The van der Waals surface area contributed by atoms with Gasteiger partial charge in [0.2, 0.25) is 5.91 Å². The molecule has 6 nitrogen and oxygen atoms in total. The van der Waals surface area contributed by atoms with E-state index in [9.17, 15) is 22.8 Å². The van der Waals surface area contributed by atoms with Gasteiger partial charge in [-0.05, 0) is 42.0 Å². The van der Waals surface area contributed by atoms with Gasteiger partial charge in [0.05, 0.1) is 23.7 Å². The van der Waals surface area contributed by atoms with Crippen LogP contribution in [0.25, 0.3) is 0 Å². The Bertz CT molecular complexity index is 966. The van der Waals surface area contributed by atoms with Crippen LogP contribution in [-0.4, -0.2) is 32.0 Å². The first-order valence-electron chi connectivity index (χ1n) is 9.08. The molecule has 3 rings (SSSR count). The maximum atomic E-state index is 13.2. The molecule has 0 saturated carbocycles. The fourth-order valence-electron chi connectivity index (χ4n) is 3.04. The number of hydrogen-bond acceptors (Lipinski definition) is 4. The molecule has 0 unspecified atom stereocenters. The van der Waals surface area contributed by atoms with Crippen molar-refractivity contribution in [3.63, 3.8) is 0 Å². The van der Waals surface area contributed by atoms with E-state index in [1.54, 1.807) is 12.1 Å². The molecule has 1 atom stereocenters. The topological polar surface area (TPSA) is 79.5 Å². The second kappa shape index (κ2) is 8.83. The normalized spacial score (nSPS) is 14.0. The molecule has 0 aliphatic carbocycles. The van der Waals surface area contributed by atoms with Crippen molar-refractivity contribution in [2.45, 2.75) is 18.6 Å². The van der Waals surface area contributed by atoms with E-state index in [1.807, 2.05) is 0 Å². The monoisotopic (exact) mass is 441 g/mol. The number of hydrogen-bond donors (Lipinski definition) is 3. The number of carbonyl (C=O) groups is 2. The van der Waals surface area contributed by atoms with Gasteiger partial charge < -0.3 is 20.7 Å². The third-order valence-electron chi connectivity index (χ3n) is 4.59. The third kappa shape index (κ3) is 4.96. The highest BCUT2D eigenvalue weighted by Gasteiger charge is 2.32. The van der Waals surface area contributed by atoms with Crippen LogP contribution in [0.4, 0.5) is 18.9 Å². The summed E-state index contributed by atoms with van der Waals surface area (Å²) in [5, 5.41) is 8.14. The minimum atomic E-state index is -4.59. The number of carbonyl (C=O) groups excluding carboxylic acids is 2. The Labute approximate surface area is 175 Å². The quantitative estimate of drug-likeness (QED) is 0.660. The lowest BCUT2D eigenvalue weighted by Crippen LogP contribution is -2.33. The molecule has 0 aromatic heterocycles. The Morgan fingerprint density at radius 3 is 2.70 bits per heavy atom. The minimum absolute atomic E-state index is 0.00265. The maximum Gasteiger partial charge on any atom is 0.416 e. The molecular weight excluding hydrogens is 423 g/mol. The lowest BCUT2D eigenvalue weighted by Gasteiger charge is -2.22. The molecule has 0 spiro atoms. The molecule has 2 aromatic rings. The van der Waals surface area contributed by atoms with E-state index in [2.05, 4.69) is 16.0 Å². The fraction of sp³-hybridized carbons (Fsp3) is 0.300. The molecule has 0 bridgehead atoms. The van der Waals surface area contributed by atoms with Gasteiger partial charge in [-0.15, -0.1) is 0 Å². The van der Waals surface area contributed by atoms with E-state index in [0.717, 1.165) is 18.2 Å². The van der Waals surface area contributed by atoms with Gasteiger partial charge in [0.25, 0.3) is 5.91 Å². The second-order valence-electron chi connectivity index (χ2n) is 6.62. The van der Waals surface area contributed by atoms with Gasteiger partial charge in [0, 0.05) is 24.2 Å². The Hall–Kier alpha value is -2.94. The van der Waals surface area contributed by atoms with Crippen LogP contribution in [0.15, 0.2) is 36.4 Å². The maximum absolute atomic E-state index is 13.2. The molecule has 0 saturated heterocycles. The molecule has 10 heteroatoms. The molecule has 0 fully saturated rings. The van der Waals surface area contributed by atoms with Gasteiger partial charge in [0.15, 0.2) is 0 Å². The van der Waals surface area contributed by atoms with Crippen molar-refractivity contribution in [3.05, 3.63) is 58.1 Å². The van der Waals surface area contributed by atoms with Crippen molar-refractivity contribution >= 4 is 29.1 Å². The predicted molar refractivity (Wildman–Crippen MR) is 106 cm³/mol. The van der Waals surface area contributed by atoms with Crippen molar-refractivity contribution in [2.75, 3.05) is 25.5 Å². The zero-order valence-corrected chi connectivity index (χ0v) is 16.7. The fourth-order valence-corrected chi connectivity index (χ4v) is 3.29. The Balaban J connectivity index is 1.91. The Morgan fingerprint density at radius 2 is 2.00 bits per heavy atom. The van der Waals surface area contributed by atoms with Crippen LogP contribution >= 0.6 is 11.6 Å². The second-order valence-corrected chi connectivity index (χ2v) is 7.03. The molecule has 2 amide bonds. The van der Waals surface area contributed by atoms with Crippen molar-refractivity contribution in [1.82, 2.24) is 10.6 Å². The highest BCUT2D eigenvalue weighted by atomic mass is 35.5. The summed E-state index contributed by atoms with van der Waals surface area (Å²) in [5.74, 6) is -0.428. The summed E-state index contributed by atoms with van der Waals surface area (Å²) in [7, 11) is 1.39. The van der Waals surface area contributed by atoms with Crippen LogP contribution in [-0.2, 0) is 11.0 Å². The molecular formula is C20H19ClF3N3O3. The van der Waals surface area contributed by atoms with Crippen molar-refractivity contribution in [3.8, 4) is 5.75 Å². The van der Waals surface area contributed by atoms with E-state index in [-0.39, 0.29) is 22.6 Å². The summed E-state index contributed by atoms with van der Waals surface area (Å²) in [4.78, 5) is 24.7. The molecule has 1 aliphatic heterocycles. The van der Waals surface area contributed by atoms with Gasteiger partial charge in [-0.1, -0.05) is 11.6 Å². The molecule has 1 aliphatic rings. The van der Waals surface area contributed by atoms with Gasteiger partial charge >= 0.3 is 6.18 Å². The number of amides is 2. The number of alkyl halides is 3. The van der Waals surface area contributed by atoms with Gasteiger partial charge in [-0.2, -0.15) is 13.2 Å². The summed E-state index contributed by atoms with van der Waals surface area (Å²) in [6.45, 7) is 1.08. The molecule has 30 heavy (non-hydrogen) atoms. The lowest BCUT2D eigenvalue weighted by atomic mass is 9.99. The highest BCUT2D eigenvalue weighted by molar-refractivity contribution is 6.31. The number of rotatable bonds is 5. The number of ether oxygens (including phenoxy) is 1. The number of nitrogens with one attached hydrogen (secondary N) is 3. The molecule has 3 N–H and O–H groups in total. The van der Waals surface area contributed by atoms with Gasteiger partial charge in [-0.3, -0.25) is 9.59 Å². The SMILES string of the molecule is CNC(=O)C[C@H](NC(=O)c1ccc2c(c1)NCCO2)c1cc(C(F)(F)F)ccc1Cl. The standard InChI is InChI=1S/C20H19ClF3N3O3/c1-25-18(28)10-15(13-9-12(20(22,23)24)3-4-14(13)21)27-19(29)11-2-5-17-16(8-11)26-6-7-30-17/h2-5,8-9,15,26H,6-7,10H2,1H3,(H,25,28)(H,27,29)/t15-/m0/s1. The van der Waals surface area contributed by atoms with Crippen LogP contribution in [0.5, 0.6) is 5.75 Å². The first-order valence-corrected chi connectivity index (χ1v) is 9.45. The zero-order chi connectivity index (χ0) is 21.9. The first kappa shape index (κ1) is 21.8. The van der Waals surface area contributed by atoms with Crippen LogP contribution in [0.2, 0.25) is 5.02 Å². The molecule has 160 valence electrons. The average molecular weight is 442 g/mol. The Morgan fingerprint density at radius 1 is 1.23 bits per heavy atom. The highest BCUT2D eigenvalue weighted by Crippen LogP contribution is 2.35. The largest absolute Gasteiger partial charge is 0.490 e. The number of benzene rings is 2. The van der Waals surface area contributed by atoms with Crippen LogP contribution in [0.3, 0.4) is 0 Å². The summed E-state index contributed by atoms with van der Waals surface area (Å²) < 4.78 is 44.9. The van der Waals surface area contributed by atoms with E-state index in [1.165, 1.54) is 13.1 Å². The minimum Gasteiger partial charge on any atom is -0.490 e. The lowest BCUT2D eigenvalue weighted by molar-refractivity contribution is -0.137. The average Bonchev–Trinajstić information content (AvgIpc) is 2.72. The Kier molecular flexibility index (Phi) is 6.40. The summed E-state index contributed by atoms with van der Waals surface area (Å²) in [5.41, 5.74) is -0.0262. The van der Waals surface area contributed by atoms with Crippen molar-refractivity contribution < 1.29 is 27.5 Å². The molecule has 2 aromatic carbocycles. The molecule has 1 heterocycles. The van der Waals surface area contributed by atoms with Gasteiger partial charge in [-0.25, -0.2) is 0 Å². The summed E-state index contributed by atoms with van der Waals surface area (Å²) in [6.07, 6.45) is -4.87. The van der Waals surface area contributed by atoms with Crippen LogP contribution < -0.4 is 20.7 Å². The van der Waals surface area contributed by atoms with Crippen molar-refractivity contribution in [2.24, 2.45) is 0 Å². The summed E-state index contributed by atoms with van der Waals surface area (Å²) >= 11 is 6.12. The summed E-state index contributed by atoms with van der Waals surface area (Å²) in [6, 6.07) is 6.47. The number of fused-ring (bicyclic) bond motifs is 1. The number of halogens is 4. The van der Waals surface area contributed by atoms with Crippen molar-refractivity contribution in [1.29, 1.82) is 0 Å². The number of anilines is 1. The van der Waals surface area contributed by atoms with E-state index >= 15 is 0 Å². The first-order chi connectivity index (χ1) is 14.2. The zero-order valence-electron chi connectivity index (χ0n) is 15.9. The third-order valence-corrected chi connectivity index (χ3v) is 4.93. The predicted octanol–water partition coefficient (Wildman–Crippen LogP) is 3.77. The van der Waals surface area contributed by atoms with Crippen LogP contribution in [0.1, 0.15) is 33.9 Å². The van der Waals surface area contributed by atoms with Crippen LogP contribution in [0, 0.1) is 0 Å². The smallest absolute Gasteiger partial charge is 0.416 e. The molecule has 0 radical (unpaired) electrons. The van der Waals surface area contributed by atoms with Gasteiger partial charge in [0.1, 0.15) is 12.4 Å². The van der Waals surface area contributed by atoms with E-state index in [0.29, 0.717) is 24.6 Å². The van der Waals surface area contributed by atoms with E-state index < -0.39 is 29.6 Å². The van der Waals surface area contributed by atoms with E-state index in [4.69, 9.17) is 16.3 Å².